The number of aromatic nitrogens is 5. The van der Waals surface area contributed by atoms with Crippen LogP contribution < -0.4 is 10.0 Å². The van der Waals surface area contributed by atoms with Gasteiger partial charge in [0.1, 0.15) is 5.82 Å². The molecular formula is C17H27N7O3S2. The highest BCUT2D eigenvalue weighted by Crippen LogP contribution is 2.33. The molecule has 2 aromatic heterocycles. The molecule has 0 aromatic carbocycles. The number of rotatable bonds is 10. The molecule has 0 aliphatic carbocycles. The number of nitrogens with one attached hydrogen (secondary N) is 2. The van der Waals surface area contributed by atoms with Gasteiger partial charge in [-0.05, 0) is 26.2 Å². The minimum Gasteiger partial charge on any atom is -0.394 e. The molecule has 0 fully saturated rings. The van der Waals surface area contributed by atoms with Gasteiger partial charge in [0, 0.05) is 23.2 Å². The topological polar surface area (TPSA) is 143 Å². The lowest BCUT2D eigenvalue weighted by Gasteiger charge is -2.19. The molecule has 0 aliphatic heterocycles. The van der Waals surface area contributed by atoms with Crippen molar-refractivity contribution in [2.75, 3.05) is 22.9 Å². The van der Waals surface area contributed by atoms with Crippen LogP contribution in [0.2, 0.25) is 0 Å². The van der Waals surface area contributed by atoms with E-state index < -0.39 is 10.0 Å². The molecule has 2 rings (SSSR count). The number of hydrogen-bond donors (Lipinski definition) is 3. The Kier molecular flexibility index (Phi) is 8.11. The number of thioether (sulfide) groups is 1. The van der Waals surface area contributed by atoms with Crippen LogP contribution in [0.25, 0.3) is 0 Å². The Hall–Kier alpha value is -2.05. The van der Waals surface area contributed by atoms with Gasteiger partial charge in [-0.25, -0.2) is 18.4 Å². The Balaban J connectivity index is 2.29. The normalized spacial score (nSPS) is 13.9. The molecule has 0 bridgehead atoms. The monoisotopic (exact) mass is 441 g/mol. The molecule has 0 saturated heterocycles. The highest BCUT2D eigenvalue weighted by atomic mass is 32.2. The maximum absolute atomic E-state index is 11.6. The Bertz CT molecular complexity index is 908. The highest BCUT2D eigenvalue weighted by molar-refractivity contribution is 7.99. The van der Waals surface area contributed by atoms with Crippen LogP contribution in [0.3, 0.4) is 0 Å². The number of aliphatic hydroxyl groups is 1. The van der Waals surface area contributed by atoms with Gasteiger partial charge in [-0.2, -0.15) is 15.0 Å². The average Bonchev–Trinajstić information content (AvgIpc) is 2.59. The van der Waals surface area contributed by atoms with Crippen LogP contribution in [0.15, 0.2) is 17.6 Å². The molecule has 2 atom stereocenters. The van der Waals surface area contributed by atoms with E-state index in [0.717, 1.165) is 11.8 Å². The van der Waals surface area contributed by atoms with Gasteiger partial charge in [0.05, 0.1) is 18.9 Å². The fourth-order valence-corrected chi connectivity index (χ4v) is 3.73. The van der Waals surface area contributed by atoms with Crippen molar-refractivity contribution < 1.29 is 13.5 Å². The van der Waals surface area contributed by atoms with Gasteiger partial charge in [0.25, 0.3) is 0 Å². The quantitative estimate of drug-likeness (QED) is 0.468. The summed E-state index contributed by atoms with van der Waals surface area (Å²) in [6, 6.07) is -0.260. The second kappa shape index (κ2) is 10.1. The summed E-state index contributed by atoms with van der Waals surface area (Å²) in [5.41, 5.74) is 0.890. The first kappa shape index (κ1) is 23.2. The van der Waals surface area contributed by atoms with E-state index in [-0.39, 0.29) is 29.8 Å². The molecule has 2 heterocycles. The zero-order chi connectivity index (χ0) is 21.6. The third kappa shape index (κ3) is 8.07. The van der Waals surface area contributed by atoms with Crippen LogP contribution in [-0.4, -0.2) is 57.3 Å². The molecular weight excluding hydrogens is 414 g/mol. The van der Waals surface area contributed by atoms with Gasteiger partial charge in [0.2, 0.25) is 21.9 Å². The Morgan fingerprint density at radius 2 is 1.72 bits per heavy atom. The van der Waals surface area contributed by atoms with E-state index in [1.807, 2.05) is 27.7 Å². The van der Waals surface area contributed by atoms with Crippen molar-refractivity contribution in [1.82, 2.24) is 24.9 Å². The molecule has 0 unspecified atom stereocenters. The first-order valence-corrected chi connectivity index (χ1v) is 11.9. The van der Waals surface area contributed by atoms with Crippen molar-refractivity contribution >= 4 is 33.7 Å². The van der Waals surface area contributed by atoms with E-state index in [4.69, 9.17) is 0 Å². The van der Waals surface area contributed by atoms with E-state index in [9.17, 15) is 13.5 Å². The fourth-order valence-electron chi connectivity index (χ4n) is 2.45. The molecule has 29 heavy (non-hydrogen) atoms. The second-order valence-corrected chi connectivity index (χ2v) is 10.2. The molecule has 160 valence electrons. The average molecular weight is 442 g/mol. The molecule has 0 aliphatic rings. The Morgan fingerprint density at radius 1 is 1.10 bits per heavy atom. The first-order chi connectivity index (χ1) is 13.6. The van der Waals surface area contributed by atoms with E-state index >= 15 is 0 Å². The van der Waals surface area contributed by atoms with E-state index in [2.05, 4.69) is 35.0 Å². The maximum atomic E-state index is 11.6. The van der Waals surface area contributed by atoms with Crippen LogP contribution in [0, 0.1) is 12.8 Å². The van der Waals surface area contributed by atoms with Crippen molar-refractivity contribution in [2.45, 2.75) is 50.6 Å². The lowest BCUT2D eigenvalue weighted by molar-refractivity contribution is 0.259. The van der Waals surface area contributed by atoms with E-state index in [1.165, 1.54) is 11.8 Å². The largest absolute Gasteiger partial charge is 0.394 e. The standard InChI is InChI=1S/C17H27N7O3S2/c1-10(2)6-14(9-25)20-15-21-16(24-29(5,26)27)23-17(22-15)28-11(3)13-7-18-12(4)19-8-13/h7-8,10-11,14,25H,6,9H2,1-5H3,(H2,20,21,22,23,24)/t11-,14+/m0/s1. The Labute approximate surface area is 175 Å². The number of nitrogens with zero attached hydrogens (tertiary/aromatic N) is 5. The lowest BCUT2D eigenvalue weighted by Crippen LogP contribution is -2.27. The van der Waals surface area contributed by atoms with Gasteiger partial charge in [-0.3, -0.25) is 4.72 Å². The van der Waals surface area contributed by atoms with Gasteiger partial charge in [-0.1, -0.05) is 25.6 Å². The molecule has 2 aromatic rings. The summed E-state index contributed by atoms with van der Waals surface area (Å²) >= 11 is 1.33. The van der Waals surface area contributed by atoms with Gasteiger partial charge >= 0.3 is 0 Å². The summed E-state index contributed by atoms with van der Waals surface area (Å²) in [5, 5.41) is 12.9. The van der Waals surface area contributed by atoms with Gasteiger partial charge in [0.15, 0.2) is 5.16 Å². The van der Waals surface area contributed by atoms with Crippen LogP contribution in [0.5, 0.6) is 0 Å². The number of anilines is 2. The predicted molar refractivity (Wildman–Crippen MR) is 113 cm³/mol. The van der Waals surface area contributed by atoms with E-state index in [1.54, 1.807) is 12.4 Å². The maximum Gasteiger partial charge on any atom is 0.242 e. The third-order valence-electron chi connectivity index (χ3n) is 3.75. The van der Waals surface area contributed by atoms with Crippen molar-refractivity contribution in [3.8, 4) is 0 Å². The summed E-state index contributed by atoms with van der Waals surface area (Å²) < 4.78 is 25.5. The summed E-state index contributed by atoms with van der Waals surface area (Å²) in [4.78, 5) is 21.1. The number of hydrogen-bond acceptors (Lipinski definition) is 10. The smallest absolute Gasteiger partial charge is 0.242 e. The molecule has 12 heteroatoms. The molecule has 0 amide bonds. The number of aliphatic hydroxyl groups excluding tert-OH is 1. The van der Waals surface area contributed by atoms with Crippen LogP contribution >= 0.6 is 11.8 Å². The molecule has 10 nitrogen and oxygen atoms in total. The minimum atomic E-state index is -3.56. The molecule has 0 saturated carbocycles. The lowest BCUT2D eigenvalue weighted by atomic mass is 10.0. The minimum absolute atomic E-state index is 0.0683. The van der Waals surface area contributed by atoms with Gasteiger partial charge < -0.3 is 10.4 Å². The highest BCUT2D eigenvalue weighted by Gasteiger charge is 2.17. The molecule has 0 radical (unpaired) electrons. The van der Waals surface area contributed by atoms with Crippen molar-refractivity contribution in [3.63, 3.8) is 0 Å². The summed E-state index contributed by atoms with van der Waals surface area (Å²) in [7, 11) is -3.56. The predicted octanol–water partition coefficient (Wildman–Crippen LogP) is 2.01. The first-order valence-electron chi connectivity index (χ1n) is 9.12. The second-order valence-electron chi connectivity index (χ2n) is 7.12. The zero-order valence-electron chi connectivity index (χ0n) is 17.1. The van der Waals surface area contributed by atoms with Crippen molar-refractivity contribution in [2.24, 2.45) is 5.92 Å². The number of sulfonamides is 1. The molecule has 3 N–H and O–H groups in total. The van der Waals surface area contributed by atoms with Crippen LogP contribution in [0.1, 0.15) is 43.8 Å². The summed E-state index contributed by atoms with van der Waals surface area (Å²) in [5.74, 6) is 1.14. The van der Waals surface area contributed by atoms with Crippen molar-refractivity contribution in [3.05, 3.63) is 23.8 Å². The summed E-state index contributed by atoms with van der Waals surface area (Å²) in [6.07, 6.45) is 5.20. The van der Waals surface area contributed by atoms with E-state index in [0.29, 0.717) is 23.3 Å². The number of aryl methyl sites for hydroxylation is 1. The van der Waals surface area contributed by atoms with Crippen molar-refractivity contribution in [1.29, 1.82) is 0 Å². The Morgan fingerprint density at radius 3 is 2.28 bits per heavy atom. The van der Waals surface area contributed by atoms with Gasteiger partial charge in [-0.15, -0.1) is 0 Å². The molecule has 0 spiro atoms. The fraction of sp³-hybridized carbons (Fsp3) is 0.588. The summed E-state index contributed by atoms with van der Waals surface area (Å²) in [6.45, 7) is 7.75. The van der Waals surface area contributed by atoms with Crippen LogP contribution in [0.4, 0.5) is 11.9 Å². The zero-order valence-corrected chi connectivity index (χ0v) is 18.8. The van der Waals surface area contributed by atoms with Crippen LogP contribution in [-0.2, 0) is 10.0 Å². The SMILES string of the molecule is Cc1ncc([C@H](C)Sc2nc(N[C@@H](CO)CC(C)C)nc(NS(C)(=O)=O)n2)cn1. The third-order valence-corrected chi connectivity index (χ3v) is 5.33.